The van der Waals surface area contributed by atoms with Crippen molar-refractivity contribution >= 4 is 27.7 Å². The maximum absolute atomic E-state index is 12.5. The predicted molar refractivity (Wildman–Crippen MR) is 167 cm³/mol. The van der Waals surface area contributed by atoms with Crippen LogP contribution in [0.1, 0.15) is 126 Å². The molecular weight excluding hydrogens is 536 g/mol. The molecule has 0 saturated carbocycles. The Morgan fingerprint density at radius 3 is 1.80 bits per heavy atom. The topological polar surface area (TPSA) is 102 Å². The van der Waals surface area contributed by atoms with Crippen molar-refractivity contribution in [2.45, 2.75) is 121 Å². The van der Waals surface area contributed by atoms with Crippen molar-refractivity contribution < 1.29 is 22.7 Å². The Labute approximate surface area is 247 Å². The summed E-state index contributed by atoms with van der Waals surface area (Å²) in [6, 6.07) is 11.7. The van der Waals surface area contributed by atoms with Crippen LogP contribution in [0.15, 0.2) is 53.4 Å². The van der Waals surface area contributed by atoms with Gasteiger partial charge in [-0.3, -0.25) is 0 Å². The average Bonchev–Trinajstić information content (AvgIpc) is 2.94. The number of benzene rings is 2. The molecule has 2 aromatic rings. The highest BCUT2D eigenvalue weighted by Crippen LogP contribution is 2.16. The minimum atomic E-state index is -4.03. The van der Waals surface area contributed by atoms with Gasteiger partial charge < -0.3 is 10.1 Å². The number of hydrogen-bond donors (Lipinski definition) is 2. The minimum Gasteiger partial charge on any atom is -0.462 e. The quantitative estimate of drug-likeness (QED) is 0.112. The molecule has 2 N–H and O–H groups in total. The van der Waals surface area contributed by atoms with Gasteiger partial charge in [0.15, 0.2) is 0 Å². The highest BCUT2D eigenvalue weighted by atomic mass is 32.2. The molecule has 228 valence electrons. The van der Waals surface area contributed by atoms with Crippen LogP contribution in [-0.4, -0.2) is 27.0 Å². The lowest BCUT2D eigenvalue weighted by Gasteiger charge is -2.11. The zero-order valence-electron chi connectivity index (χ0n) is 25.1. The number of carbonyl (C=O) groups excluding carboxylic acids is 2. The lowest BCUT2D eigenvalue weighted by atomic mass is 10.0. The van der Waals surface area contributed by atoms with Crippen molar-refractivity contribution in [1.82, 2.24) is 4.72 Å². The van der Waals surface area contributed by atoms with E-state index >= 15 is 0 Å². The number of unbranched alkanes of at least 4 members (excludes halogenated alkanes) is 15. The van der Waals surface area contributed by atoms with Gasteiger partial charge in [-0.15, -0.1) is 0 Å². The molecule has 0 radical (unpaired) electrons. The molecule has 7 nitrogen and oxygen atoms in total. The normalized spacial score (nSPS) is 11.3. The van der Waals surface area contributed by atoms with E-state index in [1.807, 2.05) is 4.72 Å². The number of urea groups is 1. The Balaban J connectivity index is 1.54. The summed E-state index contributed by atoms with van der Waals surface area (Å²) >= 11 is 0. The van der Waals surface area contributed by atoms with Gasteiger partial charge in [0.05, 0.1) is 17.1 Å². The summed E-state index contributed by atoms with van der Waals surface area (Å²) in [5.41, 5.74) is 1.11. The Morgan fingerprint density at radius 1 is 0.707 bits per heavy atom. The summed E-state index contributed by atoms with van der Waals surface area (Å²) in [4.78, 5) is 24.8. The summed E-state index contributed by atoms with van der Waals surface area (Å²) < 4.78 is 32.4. The number of esters is 1. The number of ether oxygens (including phenoxy) is 1. The van der Waals surface area contributed by atoms with Gasteiger partial charge in [0.2, 0.25) is 0 Å². The summed E-state index contributed by atoms with van der Waals surface area (Å²) in [5, 5.41) is 2.47. The van der Waals surface area contributed by atoms with E-state index in [0.717, 1.165) is 19.3 Å². The fraction of sp³-hybridized carbons (Fsp3) is 0.576. The van der Waals surface area contributed by atoms with E-state index in [2.05, 4.69) is 12.2 Å². The van der Waals surface area contributed by atoms with Crippen LogP contribution in [0, 0.1) is 6.92 Å². The number of sulfonamides is 1. The van der Waals surface area contributed by atoms with Crippen LogP contribution in [0.3, 0.4) is 0 Å². The SMILES string of the molecule is CCCCCCCCCCCCCCCCCCOC(=O)c1cccc(NC(=O)NS(=O)(=O)c2ccccc2C)c1. The molecule has 0 aliphatic heterocycles. The van der Waals surface area contributed by atoms with Crippen LogP contribution in [0.4, 0.5) is 10.5 Å². The molecule has 0 saturated heterocycles. The summed E-state index contributed by atoms with van der Waals surface area (Å²) in [6.45, 7) is 4.27. The molecule has 0 fully saturated rings. The Hall–Kier alpha value is -2.87. The summed E-state index contributed by atoms with van der Waals surface area (Å²) in [5.74, 6) is -0.470. The average molecular weight is 587 g/mol. The van der Waals surface area contributed by atoms with Gasteiger partial charge in [-0.25, -0.2) is 22.7 Å². The molecule has 41 heavy (non-hydrogen) atoms. The largest absolute Gasteiger partial charge is 0.462 e. The molecule has 0 heterocycles. The van der Waals surface area contributed by atoms with Gasteiger partial charge in [0, 0.05) is 5.69 Å². The van der Waals surface area contributed by atoms with Crippen molar-refractivity contribution in [2.24, 2.45) is 0 Å². The van der Waals surface area contributed by atoms with Gasteiger partial charge in [0.1, 0.15) is 0 Å². The first-order chi connectivity index (χ1) is 19.8. The van der Waals surface area contributed by atoms with Crippen molar-refractivity contribution in [3.8, 4) is 0 Å². The van der Waals surface area contributed by atoms with Crippen molar-refractivity contribution in [1.29, 1.82) is 0 Å². The molecule has 0 aliphatic rings. The number of rotatable bonds is 21. The third kappa shape index (κ3) is 14.5. The molecule has 2 rings (SSSR count). The minimum absolute atomic E-state index is 0.0292. The first-order valence-corrected chi connectivity index (χ1v) is 17.0. The zero-order chi connectivity index (χ0) is 29.8. The second kappa shape index (κ2) is 20.1. The zero-order valence-corrected chi connectivity index (χ0v) is 25.9. The number of anilines is 1. The van der Waals surface area contributed by atoms with Gasteiger partial charge >= 0.3 is 12.0 Å². The van der Waals surface area contributed by atoms with E-state index in [1.165, 1.54) is 95.6 Å². The summed E-state index contributed by atoms with van der Waals surface area (Å²) in [6.07, 6.45) is 20.6. The number of nitrogens with one attached hydrogen (secondary N) is 2. The fourth-order valence-electron chi connectivity index (χ4n) is 4.81. The third-order valence-electron chi connectivity index (χ3n) is 7.20. The van der Waals surface area contributed by atoms with Crippen LogP contribution in [0.5, 0.6) is 0 Å². The highest BCUT2D eigenvalue weighted by molar-refractivity contribution is 7.90. The van der Waals surface area contributed by atoms with Crippen LogP contribution < -0.4 is 10.0 Å². The Kier molecular flexibility index (Phi) is 16.8. The lowest BCUT2D eigenvalue weighted by Crippen LogP contribution is -2.34. The van der Waals surface area contributed by atoms with E-state index in [9.17, 15) is 18.0 Å². The van der Waals surface area contributed by atoms with Gasteiger partial charge in [-0.1, -0.05) is 128 Å². The standard InChI is InChI=1S/C33H50N2O5S/c1-3-4-5-6-7-8-9-10-11-12-13-14-15-16-17-20-26-40-32(36)29-23-21-24-30(27-29)34-33(37)35-41(38,39)31-25-19-18-22-28(31)2/h18-19,21-25,27H,3-17,20,26H2,1-2H3,(H2,34,35,37). The van der Waals surface area contributed by atoms with Crippen LogP contribution in [-0.2, 0) is 14.8 Å². The van der Waals surface area contributed by atoms with Crippen molar-refractivity contribution in [2.75, 3.05) is 11.9 Å². The van der Waals surface area contributed by atoms with Gasteiger partial charge in [0.25, 0.3) is 10.0 Å². The van der Waals surface area contributed by atoms with Crippen LogP contribution >= 0.6 is 0 Å². The lowest BCUT2D eigenvalue weighted by molar-refractivity contribution is 0.0497. The monoisotopic (exact) mass is 586 g/mol. The molecular formula is C33H50N2O5S. The molecule has 8 heteroatoms. The number of amides is 2. The molecule has 0 aromatic heterocycles. The van der Waals surface area contributed by atoms with E-state index in [4.69, 9.17) is 4.74 Å². The number of hydrogen-bond acceptors (Lipinski definition) is 5. The number of carbonyl (C=O) groups is 2. The fourth-order valence-corrected chi connectivity index (χ4v) is 5.97. The molecule has 2 amide bonds. The Morgan fingerprint density at radius 2 is 1.24 bits per heavy atom. The first-order valence-electron chi connectivity index (χ1n) is 15.5. The molecule has 0 unspecified atom stereocenters. The highest BCUT2D eigenvalue weighted by Gasteiger charge is 2.19. The predicted octanol–water partition coefficient (Wildman–Crippen LogP) is 8.92. The van der Waals surface area contributed by atoms with Gasteiger partial charge in [-0.05, 0) is 43.2 Å². The van der Waals surface area contributed by atoms with E-state index < -0.39 is 22.0 Å². The van der Waals surface area contributed by atoms with Crippen LogP contribution in [0.25, 0.3) is 0 Å². The second-order valence-corrected chi connectivity index (χ2v) is 12.5. The molecule has 2 aromatic carbocycles. The molecule has 0 aliphatic carbocycles. The molecule has 0 atom stereocenters. The first kappa shape index (κ1) is 34.3. The smallest absolute Gasteiger partial charge is 0.338 e. The molecule has 0 spiro atoms. The molecule has 0 bridgehead atoms. The van der Waals surface area contributed by atoms with Crippen LogP contribution in [0.2, 0.25) is 0 Å². The van der Waals surface area contributed by atoms with E-state index in [1.54, 1.807) is 43.3 Å². The second-order valence-electron chi connectivity index (χ2n) is 10.8. The van der Waals surface area contributed by atoms with Crippen molar-refractivity contribution in [3.05, 3.63) is 59.7 Å². The van der Waals surface area contributed by atoms with Crippen molar-refractivity contribution in [3.63, 3.8) is 0 Å². The Bertz CT molecular complexity index is 1150. The van der Waals surface area contributed by atoms with Gasteiger partial charge in [-0.2, -0.15) is 0 Å². The number of aryl methyl sites for hydroxylation is 1. The maximum Gasteiger partial charge on any atom is 0.338 e. The van der Waals surface area contributed by atoms with E-state index in [-0.39, 0.29) is 4.90 Å². The van der Waals surface area contributed by atoms with E-state index in [0.29, 0.717) is 23.4 Å². The third-order valence-corrected chi connectivity index (χ3v) is 8.69. The maximum atomic E-state index is 12.5. The summed E-state index contributed by atoms with van der Waals surface area (Å²) in [7, 11) is -4.03.